The predicted molar refractivity (Wildman–Crippen MR) is 81.8 cm³/mol. The Morgan fingerprint density at radius 3 is 1.48 bits per heavy atom. The summed E-state index contributed by atoms with van der Waals surface area (Å²) in [5, 5.41) is 0. The van der Waals surface area contributed by atoms with Gasteiger partial charge in [-0.3, -0.25) is 0 Å². The fraction of sp³-hybridized carbons (Fsp3) is 0.444. The van der Waals surface area contributed by atoms with Crippen LogP contribution in [0.2, 0.25) is 0 Å². The molecule has 2 aromatic rings. The van der Waals surface area contributed by atoms with Crippen molar-refractivity contribution in [2.45, 2.75) is 54.4 Å². The minimum absolute atomic E-state index is 0. The van der Waals surface area contributed by atoms with E-state index >= 15 is 0 Å². The fourth-order valence-electron chi connectivity index (χ4n) is 2.28. The first-order valence-electron chi connectivity index (χ1n) is 6.89. The Kier molecular flexibility index (Phi) is 15.5. The third-order valence-corrected chi connectivity index (χ3v) is 4.08. The molecule has 3 heteroatoms. The number of hydrogen-bond donors (Lipinski definition) is 0. The van der Waals surface area contributed by atoms with Crippen molar-refractivity contribution in [2.75, 3.05) is 0 Å². The van der Waals surface area contributed by atoms with Gasteiger partial charge in [0, 0.05) is 0 Å². The normalized spacial score (nSPS) is 8.67. The summed E-state index contributed by atoms with van der Waals surface area (Å²) in [6.07, 6.45) is 2.48. The van der Waals surface area contributed by atoms with E-state index in [0.717, 1.165) is 0 Å². The molecule has 21 heavy (non-hydrogen) atoms. The molecule has 0 N–H and O–H groups in total. The van der Waals surface area contributed by atoms with Crippen LogP contribution in [0.5, 0.6) is 0 Å². The zero-order chi connectivity index (χ0) is 13.7. The van der Waals surface area contributed by atoms with E-state index in [0.29, 0.717) is 0 Å². The van der Waals surface area contributed by atoms with Crippen LogP contribution in [0.25, 0.3) is 0 Å². The molecular weight excluding hydrogens is 335 g/mol. The summed E-state index contributed by atoms with van der Waals surface area (Å²) in [6.45, 7) is 13.2. The van der Waals surface area contributed by atoms with Gasteiger partial charge in [-0.25, -0.2) is 12.1 Å². The Morgan fingerprint density at radius 2 is 1.24 bits per heavy atom. The topological polar surface area (TPSA) is 0 Å². The number of halogens is 2. The van der Waals surface area contributed by atoms with Crippen molar-refractivity contribution < 1.29 is 46.5 Å². The zero-order valence-electron chi connectivity index (χ0n) is 14.0. The van der Waals surface area contributed by atoms with Crippen LogP contribution in [-0.2, 0) is 28.1 Å². The van der Waals surface area contributed by atoms with Gasteiger partial charge in [-0.05, 0) is 0 Å². The zero-order valence-corrected chi connectivity index (χ0v) is 17.1. The van der Waals surface area contributed by atoms with Crippen molar-refractivity contribution in [3.8, 4) is 0 Å². The molecule has 0 heterocycles. The second-order valence-corrected chi connectivity index (χ2v) is 5.17. The largest absolute Gasteiger partial charge is 4.00 e. The van der Waals surface area contributed by atoms with Crippen molar-refractivity contribution in [3.05, 3.63) is 57.6 Å². The molecular formula is C18H26Cl2Ti. The van der Waals surface area contributed by atoms with Crippen molar-refractivity contribution in [1.29, 1.82) is 0 Å². The number of hydrogen-bond acceptors (Lipinski definition) is 0. The van der Waals surface area contributed by atoms with Crippen LogP contribution >= 0.6 is 0 Å². The van der Waals surface area contributed by atoms with Crippen molar-refractivity contribution in [1.82, 2.24) is 0 Å². The molecule has 0 aliphatic heterocycles. The summed E-state index contributed by atoms with van der Waals surface area (Å²) in [6, 6.07) is 8.52. The Balaban J connectivity index is -0.000000274. The van der Waals surface area contributed by atoms with Gasteiger partial charge in [0.15, 0.2) is 0 Å². The first kappa shape index (κ1) is 25.9. The molecule has 116 valence electrons. The molecule has 0 aliphatic rings. The molecule has 0 saturated carbocycles. The average Bonchev–Trinajstić information content (AvgIpc) is 2.93. The Labute approximate surface area is 158 Å². The van der Waals surface area contributed by atoms with Crippen LogP contribution in [-0.4, -0.2) is 0 Å². The minimum atomic E-state index is 0. The summed E-state index contributed by atoms with van der Waals surface area (Å²) in [5.41, 5.74) is 8.80. The van der Waals surface area contributed by atoms with Gasteiger partial charge in [-0.1, -0.05) is 54.4 Å². The molecule has 0 fully saturated rings. The third kappa shape index (κ3) is 7.20. The maximum atomic E-state index is 2.20. The minimum Gasteiger partial charge on any atom is -1.00 e. The molecule has 0 bridgehead atoms. The molecule has 0 atom stereocenters. The van der Waals surface area contributed by atoms with Crippen LogP contribution in [0, 0.1) is 34.6 Å². The molecule has 0 amide bonds. The summed E-state index contributed by atoms with van der Waals surface area (Å²) in [5.74, 6) is 0. The van der Waals surface area contributed by atoms with Crippen molar-refractivity contribution in [3.63, 3.8) is 0 Å². The van der Waals surface area contributed by atoms with Gasteiger partial charge < -0.3 is 24.8 Å². The molecule has 2 aromatic carbocycles. The van der Waals surface area contributed by atoms with Gasteiger partial charge in [-0.15, -0.1) is 0 Å². The van der Waals surface area contributed by atoms with Gasteiger partial charge in [0.05, 0.1) is 0 Å². The van der Waals surface area contributed by atoms with E-state index in [-0.39, 0.29) is 46.5 Å². The number of aryl methyl sites for hydroxylation is 1. The molecule has 0 nitrogen and oxygen atoms in total. The van der Waals surface area contributed by atoms with Crippen LogP contribution in [0.4, 0.5) is 0 Å². The first-order chi connectivity index (χ1) is 8.49. The van der Waals surface area contributed by atoms with E-state index < -0.39 is 0 Å². The standard InChI is InChI=1S/C10H15.C8H11.2ClH.Ti/c1-6-7(2)9(4)10(5)8(6)3;1-2-5-8-6-3-4-7-8;;;/h1-5H3;3-4,6-7H,2,5H2,1H3;2*1H;/q2*-1;;;+4/p-2. The third-order valence-electron chi connectivity index (χ3n) is 4.08. The van der Waals surface area contributed by atoms with E-state index in [1.165, 1.54) is 46.2 Å². The first-order valence-corrected chi connectivity index (χ1v) is 6.89. The van der Waals surface area contributed by atoms with Gasteiger partial charge in [-0.2, -0.15) is 45.5 Å². The average molecular weight is 361 g/mol. The van der Waals surface area contributed by atoms with Crippen LogP contribution in [0.3, 0.4) is 0 Å². The van der Waals surface area contributed by atoms with Crippen LogP contribution in [0.15, 0.2) is 24.3 Å². The number of rotatable bonds is 2. The molecule has 0 spiro atoms. The molecule has 0 unspecified atom stereocenters. The molecule has 0 aromatic heterocycles. The quantitative estimate of drug-likeness (QED) is 0.491. The monoisotopic (exact) mass is 360 g/mol. The van der Waals surface area contributed by atoms with E-state index in [4.69, 9.17) is 0 Å². The summed E-state index contributed by atoms with van der Waals surface area (Å²) in [4.78, 5) is 0. The van der Waals surface area contributed by atoms with E-state index in [1.807, 2.05) is 0 Å². The molecule has 2 rings (SSSR count). The molecule has 0 aliphatic carbocycles. The van der Waals surface area contributed by atoms with Gasteiger partial charge in [0.25, 0.3) is 0 Å². The van der Waals surface area contributed by atoms with Crippen molar-refractivity contribution >= 4 is 0 Å². The van der Waals surface area contributed by atoms with Gasteiger partial charge in [0.1, 0.15) is 0 Å². The second-order valence-electron chi connectivity index (χ2n) is 5.17. The summed E-state index contributed by atoms with van der Waals surface area (Å²) in [7, 11) is 0. The van der Waals surface area contributed by atoms with E-state index in [9.17, 15) is 0 Å². The van der Waals surface area contributed by atoms with Crippen LogP contribution in [0.1, 0.15) is 46.7 Å². The SMILES string of the molecule is CCC[c-]1cccc1.Cc1c(C)c(C)[c-](C)c1C.[Cl-].[Cl-].[Ti+4]. The summed E-state index contributed by atoms with van der Waals surface area (Å²) >= 11 is 0. The fourth-order valence-corrected chi connectivity index (χ4v) is 2.28. The smallest absolute Gasteiger partial charge is 1.00 e. The van der Waals surface area contributed by atoms with Gasteiger partial charge in [0.2, 0.25) is 0 Å². The van der Waals surface area contributed by atoms with E-state index in [1.54, 1.807) is 0 Å². The second kappa shape index (κ2) is 12.5. The Morgan fingerprint density at radius 1 is 0.857 bits per heavy atom. The maximum absolute atomic E-state index is 2.20. The summed E-state index contributed by atoms with van der Waals surface area (Å²) < 4.78 is 0. The molecule has 0 saturated heterocycles. The maximum Gasteiger partial charge on any atom is 4.00 e. The Bertz CT molecular complexity index is 401. The molecule has 0 radical (unpaired) electrons. The van der Waals surface area contributed by atoms with Gasteiger partial charge >= 0.3 is 21.7 Å². The van der Waals surface area contributed by atoms with E-state index in [2.05, 4.69) is 65.8 Å². The van der Waals surface area contributed by atoms with Crippen molar-refractivity contribution in [2.24, 2.45) is 0 Å². The van der Waals surface area contributed by atoms with Crippen LogP contribution < -0.4 is 24.8 Å². The predicted octanol–water partition coefficient (Wildman–Crippen LogP) is -0.689. The Hall–Kier alpha value is -0.00571.